The minimum absolute atomic E-state index is 0.591. The Morgan fingerprint density at radius 2 is 2.26 bits per heavy atom. The van der Waals surface area contributed by atoms with Crippen molar-refractivity contribution in [3.8, 4) is 0 Å². The maximum absolute atomic E-state index is 10.6. The van der Waals surface area contributed by atoms with E-state index in [9.17, 15) is 4.79 Å². The second-order valence-electron chi connectivity index (χ2n) is 5.11. The predicted octanol–water partition coefficient (Wildman–Crippen LogP) is 2.70. The lowest BCUT2D eigenvalue weighted by Gasteiger charge is -2.13. The molecule has 2 aromatic rings. The van der Waals surface area contributed by atoms with Crippen LogP contribution in [0.3, 0.4) is 0 Å². The monoisotopic (exact) mass is 254 g/mol. The lowest BCUT2D eigenvalue weighted by atomic mass is 9.97. The lowest BCUT2D eigenvalue weighted by molar-refractivity contribution is -0.105. The zero-order valence-corrected chi connectivity index (χ0v) is 10.9. The molecule has 1 amide bonds. The highest BCUT2D eigenvalue weighted by atomic mass is 16.1. The molecule has 2 aromatic carbocycles. The molecule has 0 saturated carbocycles. The summed E-state index contributed by atoms with van der Waals surface area (Å²) in [6, 6.07) is 13.1. The van der Waals surface area contributed by atoms with Gasteiger partial charge in [-0.3, -0.25) is 4.79 Å². The Kier molecular flexibility index (Phi) is 3.47. The first-order chi connectivity index (χ1) is 9.36. The summed E-state index contributed by atoms with van der Waals surface area (Å²) in [6.07, 6.45) is 4.31. The number of anilines is 1. The van der Waals surface area contributed by atoms with Gasteiger partial charge < -0.3 is 10.6 Å². The van der Waals surface area contributed by atoms with Crippen LogP contribution in [-0.2, 0) is 11.2 Å². The second-order valence-corrected chi connectivity index (χ2v) is 5.11. The summed E-state index contributed by atoms with van der Waals surface area (Å²) in [5.41, 5.74) is 2.21. The van der Waals surface area contributed by atoms with Gasteiger partial charge in [0, 0.05) is 11.7 Å². The molecule has 2 N–H and O–H groups in total. The summed E-state index contributed by atoms with van der Waals surface area (Å²) < 4.78 is 0. The van der Waals surface area contributed by atoms with Gasteiger partial charge in [0.2, 0.25) is 6.41 Å². The molecular formula is C16H18N2O. The van der Waals surface area contributed by atoms with Crippen LogP contribution < -0.4 is 10.6 Å². The summed E-state index contributed by atoms with van der Waals surface area (Å²) in [6.45, 7) is 1.13. The fourth-order valence-electron chi connectivity index (χ4n) is 2.87. The fraction of sp³-hybridized carbons (Fsp3) is 0.312. The minimum atomic E-state index is 0.591. The first kappa shape index (κ1) is 12.2. The minimum Gasteiger partial charge on any atom is -0.329 e. The van der Waals surface area contributed by atoms with Crippen molar-refractivity contribution < 1.29 is 4.79 Å². The van der Waals surface area contributed by atoms with Crippen molar-refractivity contribution in [2.75, 3.05) is 11.9 Å². The van der Waals surface area contributed by atoms with Crippen molar-refractivity contribution >= 4 is 22.9 Å². The zero-order valence-electron chi connectivity index (χ0n) is 10.9. The Morgan fingerprint density at radius 1 is 1.32 bits per heavy atom. The van der Waals surface area contributed by atoms with E-state index in [0.29, 0.717) is 6.04 Å². The fourth-order valence-corrected chi connectivity index (χ4v) is 2.87. The van der Waals surface area contributed by atoms with E-state index in [1.54, 1.807) is 0 Å². The second kappa shape index (κ2) is 5.41. The van der Waals surface area contributed by atoms with Gasteiger partial charge in [0.1, 0.15) is 0 Å². The molecule has 0 radical (unpaired) electrons. The van der Waals surface area contributed by atoms with Gasteiger partial charge in [-0.25, -0.2) is 0 Å². The molecule has 1 fully saturated rings. The smallest absolute Gasteiger partial charge is 0.211 e. The van der Waals surface area contributed by atoms with Gasteiger partial charge in [-0.05, 0) is 54.3 Å². The van der Waals surface area contributed by atoms with E-state index in [2.05, 4.69) is 41.0 Å². The summed E-state index contributed by atoms with van der Waals surface area (Å²) >= 11 is 0. The summed E-state index contributed by atoms with van der Waals surface area (Å²) in [7, 11) is 0. The first-order valence-electron chi connectivity index (χ1n) is 6.82. The van der Waals surface area contributed by atoms with Crippen LogP contribution in [0, 0.1) is 0 Å². The van der Waals surface area contributed by atoms with Crippen LogP contribution in [0.25, 0.3) is 10.8 Å². The van der Waals surface area contributed by atoms with Crippen molar-refractivity contribution in [3.05, 3.63) is 42.0 Å². The van der Waals surface area contributed by atoms with Gasteiger partial charge in [0.15, 0.2) is 0 Å². The molecule has 0 aliphatic carbocycles. The third-order valence-electron chi connectivity index (χ3n) is 3.83. The van der Waals surface area contributed by atoms with Crippen LogP contribution in [0.2, 0.25) is 0 Å². The molecule has 0 aromatic heterocycles. The first-order valence-corrected chi connectivity index (χ1v) is 6.82. The van der Waals surface area contributed by atoms with E-state index in [1.807, 2.05) is 6.07 Å². The molecular weight excluding hydrogens is 236 g/mol. The number of benzene rings is 2. The normalized spacial score (nSPS) is 18.6. The molecule has 1 aliphatic heterocycles. The average Bonchev–Trinajstić information content (AvgIpc) is 2.93. The van der Waals surface area contributed by atoms with Gasteiger partial charge in [0.25, 0.3) is 0 Å². The Bertz CT molecular complexity index is 588. The Hall–Kier alpha value is -1.87. The maximum Gasteiger partial charge on any atom is 0.211 e. The van der Waals surface area contributed by atoms with Crippen molar-refractivity contribution in [1.82, 2.24) is 5.32 Å². The van der Waals surface area contributed by atoms with E-state index in [-0.39, 0.29) is 0 Å². The third-order valence-corrected chi connectivity index (χ3v) is 3.83. The van der Waals surface area contributed by atoms with Crippen molar-refractivity contribution in [2.24, 2.45) is 0 Å². The molecule has 3 rings (SSSR count). The van der Waals surface area contributed by atoms with Crippen molar-refractivity contribution in [2.45, 2.75) is 25.3 Å². The number of nitrogens with one attached hydrogen (secondary N) is 2. The number of hydrogen-bond acceptors (Lipinski definition) is 2. The Morgan fingerprint density at radius 3 is 3.05 bits per heavy atom. The van der Waals surface area contributed by atoms with E-state index in [1.165, 1.54) is 29.2 Å². The molecule has 3 heteroatoms. The molecule has 0 bridgehead atoms. The van der Waals surface area contributed by atoms with Crippen LogP contribution in [-0.4, -0.2) is 19.0 Å². The number of hydrogen-bond donors (Lipinski definition) is 2. The van der Waals surface area contributed by atoms with E-state index in [4.69, 9.17) is 0 Å². The van der Waals surface area contributed by atoms with Gasteiger partial charge >= 0.3 is 0 Å². The highest BCUT2D eigenvalue weighted by Crippen LogP contribution is 2.25. The molecule has 98 valence electrons. The largest absolute Gasteiger partial charge is 0.329 e. The standard InChI is InChI=1S/C16H18N2O/c19-11-18-15-7-6-12-3-1-4-13(16(12)10-15)9-14-5-2-8-17-14/h1,3-4,6-7,10-11,14,17H,2,5,8-9H2,(H,18,19)/t14-/m1/s1. The molecule has 0 spiro atoms. The Balaban J connectivity index is 1.96. The SMILES string of the molecule is O=CNc1ccc2cccc(C[C@H]3CCCN3)c2c1. The predicted molar refractivity (Wildman–Crippen MR) is 78.4 cm³/mol. The highest BCUT2D eigenvalue weighted by Gasteiger charge is 2.15. The van der Waals surface area contributed by atoms with Crippen molar-refractivity contribution in [1.29, 1.82) is 0 Å². The van der Waals surface area contributed by atoms with Gasteiger partial charge in [0.05, 0.1) is 0 Å². The summed E-state index contributed by atoms with van der Waals surface area (Å²) in [5, 5.41) is 8.73. The van der Waals surface area contributed by atoms with Gasteiger partial charge in [-0.15, -0.1) is 0 Å². The number of amides is 1. The highest BCUT2D eigenvalue weighted by molar-refractivity contribution is 5.90. The zero-order chi connectivity index (χ0) is 13.1. The van der Waals surface area contributed by atoms with Crippen LogP contribution in [0.5, 0.6) is 0 Å². The lowest BCUT2D eigenvalue weighted by Crippen LogP contribution is -2.23. The van der Waals surface area contributed by atoms with Gasteiger partial charge in [-0.2, -0.15) is 0 Å². The van der Waals surface area contributed by atoms with Crippen molar-refractivity contribution in [3.63, 3.8) is 0 Å². The summed E-state index contributed by atoms with van der Waals surface area (Å²) in [5.74, 6) is 0. The maximum atomic E-state index is 10.6. The van der Waals surface area contributed by atoms with Crippen LogP contribution in [0.1, 0.15) is 18.4 Å². The molecule has 1 saturated heterocycles. The Labute approximate surface area is 113 Å². The molecule has 1 heterocycles. The molecule has 0 unspecified atom stereocenters. The third kappa shape index (κ3) is 2.61. The van der Waals surface area contributed by atoms with Gasteiger partial charge in [-0.1, -0.05) is 24.3 Å². The average molecular weight is 254 g/mol. The molecule has 3 nitrogen and oxygen atoms in total. The number of carbonyl (C=O) groups is 1. The number of fused-ring (bicyclic) bond motifs is 1. The molecule has 1 atom stereocenters. The molecule has 1 aliphatic rings. The quantitative estimate of drug-likeness (QED) is 0.824. The van der Waals surface area contributed by atoms with E-state index >= 15 is 0 Å². The van der Waals surface area contributed by atoms with E-state index in [0.717, 1.165) is 25.1 Å². The van der Waals surface area contributed by atoms with Crippen LogP contribution >= 0.6 is 0 Å². The summed E-state index contributed by atoms with van der Waals surface area (Å²) in [4.78, 5) is 10.6. The van der Waals surface area contributed by atoms with Crippen LogP contribution in [0.4, 0.5) is 5.69 Å². The molecule has 19 heavy (non-hydrogen) atoms. The topological polar surface area (TPSA) is 41.1 Å². The number of carbonyl (C=O) groups excluding carboxylic acids is 1. The van der Waals surface area contributed by atoms with E-state index < -0.39 is 0 Å². The van der Waals surface area contributed by atoms with Crippen LogP contribution in [0.15, 0.2) is 36.4 Å². The number of rotatable bonds is 4.